The zero-order valence-corrected chi connectivity index (χ0v) is 53.7. The Bertz CT molecular complexity index is 2210. The van der Waals surface area contributed by atoms with E-state index >= 15 is 0 Å². The number of hydrogen-bond donors (Lipinski definition) is 0. The van der Waals surface area contributed by atoms with Crippen LogP contribution in [0.15, 0.2) is 10.3 Å². The average Bonchev–Trinajstić information content (AvgIpc) is 4.29. The molecular formula is C61H97N7O15S2. The van der Waals surface area contributed by atoms with E-state index in [1.54, 1.807) is 53.9 Å². The summed E-state index contributed by atoms with van der Waals surface area (Å²) in [6.07, 6.45) is 0.669. The molecule has 0 radical (unpaired) electrons. The Labute approximate surface area is 512 Å². The quantitative estimate of drug-likeness (QED) is 0.0678. The molecule has 1 heterocycles. The van der Waals surface area contributed by atoms with Crippen LogP contribution in [0, 0.1) is 0 Å². The molecule has 0 saturated carbocycles. The van der Waals surface area contributed by atoms with Crippen LogP contribution >= 0.6 is 23.5 Å². The van der Waals surface area contributed by atoms with Crippen molar-refractivity contribution in [2.45, 2.75) is 190 Å². The first-order chi connectivity index (χ1) is 40.5. The number of ketones is 8. The predicted octanol–water partition coefficient (Wildman–Crippen LogP) is 5.97. The summed E-state index contributed by atoms with van der Waals surface area (Å²) < 4.78 is 0. The van der Waals surface area contributed by atoms with Gasteiger partial charge in [0.15, 0.2) is 0 Å². The van der Waals surface area contributed by atoms with E-state index in [1.807, 2.05) is 0 Å². The minimum absolute atomic E-state index is 0.0418. The van der Waals surface area contributed by atoms with Crippen LogP contribution in [0.1, 0.15) is 190 Å². The third kappa shape index (κ3) is 33.0. The van der Waals surface area contributed by atoms with Gasteiger partial charge >= 0.3 is 0 Å². The zero-order chi connectivity index (χ0) is 63.9. The maximum Gasteiger partial charge on any atom is 0.260 e. The van der Waals surface area contributed by atoms with Crippen molar-refractivity contribution in [1.29, 1.82) is 0 Å². The molecule has 22 nitrogen and oxygen atoms in total. The molecule has 0 aromatic rings. The van der Waals surface area contributed by atoms with E-state index in [2.05, 4.69) is 0 Å². The third-order valence-electron chi connectivity index (χ3n) is 14.8. The third-order valence-corrected chi connectivity index (χ3v) is 16.9. The number of amides is 7. The average molecular weight is 1230 g/mol. The molecule has 0 unspecified atom stereocenters. The fraction of sp³-hybridized carbons (Fsp3) is 0.721. The molecule has 24 heteroatoms. The summed E-state index contributed by atoms with van der Waals surface area (Å²) in [6, 6.07) is 0. The Morgan fingerprint density at radius 1 is 0.294 bits per heavy atom. The Kier molecular flexibility index (Phi) is 40.4. The van der Waals surface area contributed by atoms with E-state index in [0.29, 0.717) is 9.99 Å². The second-order valence-electron chi connectivity index (χ2n) is 20.9. The van der Waals surface area contributed by atoms with Crippen molar-refractivity contribution < 1.29 is 71.9 Å². The topological polar surface area (TPSA) is 279 Å². The highest BCUT2D eigenvalue weighted by molar-refractivity contribution is 8.22. The number of Topliss-reactive ketones (excluding diaryl/α,β-unsaturated/α-hetero) is 8. The van der Waals surface area contributed by atoms with Crippen LogP contribution in [0.25, 0.3) is 0 Å². The summed E-state index contributed by atoms with van der Waals surface area (Å²) in [6.45, 7) is 12.6. The monoisotopic (exact) mass is 1230 g/mol. The molecule has 0 spiro atoms. The molecule has 478 valence electrons. The molecular weight excluding hydrogens is 1130 g/mol. The summed E-state index contributed by atoms with van der Waals surface area (Å²) in [5.41, 5.74) is 0. The van der Waals surface area contributed by atoms with Gasteiger partial charge in [0.05, 0.1) is 4.91 Å². The highest BCUT2D eigenvalue weighted by Crippen LogP contribution is 2.33. The van der Waals surface area contributed by atoms with Crippen molar-refractivity contribution in [2.24, 2.45) is 0 Å². The first-order valence-electron chi connectivity index (χ1n) is 30.5. The lowest BCUT2D eigenvalue weighted by Gasteiger charge is -2.30. The second-order valence-corrected chi connectivity index (χ2v) is 23.2. The van der Waals surface area contributed by atoms with Crippen LogP contribution < -0.4 is 0 Å². The number of thioether (sulfide) groups is 2. The van der Waals surface area contributed by atoms with Crippen molar-refractivity contribution in [3.05, 3.63) is 10.3 Å². The number of nitrogens with zero attached hydrogens (tertiary/aromatic N) is 7. The summed E-state index contributed by atoms with van der Waals surface area (Å²) in [5.74, 6) is -4.02. The summed E-state index contributed by atoms with van der Waals surface area (Å²) >= 11 is 2.67. The van der Waals surface area contributed by atoms with Crippen LogP contribution in [0.3, 0.4) is 0 Å². The fourth-order valence-electron chi connectivity index (χ4n) is 8.67. The Morgan fingerprint density at radius 2 is 0.482 bits per heavy atom. The van der Waals surface area contributed by atoms with Crippen molar-refractivity contribution in [3.63, 3.8) is 0 Å². The molecule has 0 bridgehead atoms. The molecule has 1 aliphatic rings. The van der Waals surface area contributed by atoms with Gasteiger partial charge < -0.3 is 34.3 Å². The molecule has 0 atom stereocenters. The van der Waals surface area contributed by atoms with Crippen molar-refractivity contribution in [3.8, 4) is 0 Å². The smallest absolute Gasteiger partial charge is 0.260 e. The molecule has 0 saturated heterocycles. The zero-order valence-electron chi connectivity index (χ0n) is 52.1. The second kappa shape index (κ2) is 44.5. The number of hydrogen-bond acceptors (Lipinski definition) is 17. The first kappa shape index (κ1) is 77.1. The van der Waals surface area contributed by atoms with Crippen molar-refractivity contribution in [2.75, 3.05) is 96.7 Å². The van der Waals surface area contributed by atoms with E-state index in [9.17, 15) is 71.9 Å². The van der Waals surface area contributed by atoms with Crippen LogP contribution in [-0.2, 0) is 71.9 Å². The highest BCUT2D eigenvalue weighted by atomic mass is 32.2. The minimum atomic E-state index is -0.548. The molecule has 85 heavy (non-hydrogen) atoms. The van der Waals surface area contributed by atoms with Crippen LogP contribution in [0.2, 0.25) is 0 Å². The van der Waals surface area contributed by atoms with Gasteiger partial charge in [0.25, 0.3) is 5.91 Å². The maximum atomic E-state index is 14.5. The SMILES string of the molecule is CCC(=O)CCN(CCC(C)=O)C(=O)CCN(CCC(=O)N(CCC(=O)CC)CCC(=O)CC)C(=O)CCN(CCC(=O)N(CCC(=O)N(CCC(=O)CC)CCC(=O)CC)CCC(=O)N(CCC(=O)CC)CCC(=O)CC)C(=O)C1=CSCS1. The molecule has 0 aromatic heterocycles. The van der Waals surface area contributed by atoms with Crippen LogP contribution in [0.5, 0.6) is 0 Å². The van der Waals surface area contributed by atoms with Gasteiger partial charge in [-0.15, -0.1) is 23.5 Å². The first-order valence-corrected chi connectivity index (χ1v) is 32.5. The lowest BCUT2D eigenvalue weighted by atomic mass is 10.1. The van der Waals surface area contributed by atoms with Crippen LogP contribution in [0.4, 0.5) is 0 Å². The molecule has 0 N–H and O–H groups in total. The van der Waals surface area contributed by atoms with Crippen molar-refractivity contribution >= 4 is 111 Å². The van der Waals surface area contributed by atoms with E-state index in [4.69, 9.17) is 0 Å². The number of carbonyl (C=O) groups is 15. The molecule has 1 rings (SSSR count). The fourth-order valence-corrected chi connectivity index (χ4v) is 10.7. The Hall–Kier alpha value is -5.91. The lowest BCUT2D eigenvalue weighted by molar-refractivity contribution is -0.138. The van der Waals surface area contributed by atoms with Gasteiger partial charge in [0, 0.05) is 232 Å². The van der Waals surface area contributed by atoms with E-state index < -0.39 is 41.4 Å². The molecule has 1 aliphatic heterocycles. The Morgan fingerprint density at radius 3 is 0.659 bits per heavy atom. The van der Waals surface area contributed by atoms with Gasteiger partial charge in [-0.05, 0) is 12.3 Å². The van der Waals surface area contributed by atoms with Gasteiger partial charge in [-0.3, -0.25) is 71.9 Å². The normalized spacial score (nSPS) is 11.7. The van der Waals surface area contributed by atoms with Gasteiger partial charge in [-0.2, -0.15) is 0 Å². The van der Waals surface area contributed by atoms with Gasteiger partial charge in [-0.1, -0.05) is 48.5 Å². The van der Waals surface area contributed by atoms with E-state index in [1.165, 1.54) is 64.7 Å². The van der Waals surface area contributed by atoms with Gasteiger partial charge in [0.2, 0.25) is 35.4 Å². The van der Waals surface area contributed by atoms with Crippen molar-refractivity contribution in [1.82, 2.24) is 34.3 Å². The maximum absolute atomic E-state index is 14.5. The molecule has 0 fully saturated rings. The standard InChI is InChI=1S/C61H97N7O15S2/c1-9-47(70)17-31-62(30-16-46(8)69)55(77)24-38-66(39-25-56(78)63(32-18-48(71)10-2)33-19-49(72)11-3)59(81)28-42-68(61(83)54-44-84-45-85-54)43-29-60(82)67(40-26-57(79)64(34-20-50(73)12-4)35-21-51(74)13-5)41-27-58(80)65(36-22-52(75)14-6)37-23-53(76)15-7/h44H,9-43,45H2,1-8H3. The van der Waals surface area contributed by atoms with Crippen LogP contribution in [-0.4, -0.2) is 219 Å². The largest absolute Gasteiger partial charge is 0.342 e. The summed E-state index contributed by atoms with van der Waals surface area (Å²) in [4.78, 5) is 207. The Balaban J connectivity index is 3.71. The molecule has 7 amide bonds. The summed E-state index contributed by atoms with van der Waals surface area (Å²) in [7, 11) is 0. The lowest BCUT2D eigenvalue weighted by Crippen LogP contribution is -2.44. The van der Waals surface area contributed by atoms with E-state index in [-0.39, 0.29) is 273 Å². The molecule has 0 aliphatic carbocycles. The number of carbonyl (C=O) groups excluding carboxylic acids is 15. The highest BCUT2D eigenvalue weighted by Gasteiger charge is 2.29. The number of rotatable bonds is 50. The molecule has 0 aromatic carbocycles. The summed E-state index contributed by atoms with van der Waals surface area (Å²) in [5, 5.41) is 2.22. The predicted molar refractivity (Wildman–Crippen MR) is 327 cm³/mol. The van der Waals surface area contributed by atoms with Gasteiger partial charge in [0.1, 0.15) is 46.3 Å². The minimum Gasteiger partial charge on any atom is -0.342 e. The van der Waals surface area contributed by atoms with Gasteiger partial charge in [-0.25, -0.2) is 0 Å². The van der Waals surface area contributed by atoms with E-state index in [0.717, 1.165) is 0 Å².